The number of nitrogens with zero attached hydrogens (tertiary/aromatic N) is 1. The van der Waals surface area contributed by atoms with Gasteiger partial charge < -0.3 is 0 Å². The number of rotatable bonds is 2. The summed E-state index contributed by atoms with van der Waals surface area (Å²) in [4.78, 5) is 0. The summed E-state index contributed by atoms with van der Waals surface area (Å²) >= 11 is 4.06. The standard InChI is InChI=1S/C4H11NS.Na.H/c1-3-5(6)4-2;;/h6H,3-4H2,1-2H3;;. The van der Waals surface area contributed by atoms with E-state index in [4.69, 9.17) is 0 Å². The van der Waals surface area contributed by atoms with Crippen LogP contribution in [-0.4, -0.2) is 47.0 Å². The Morgan fingerprint density at radius 2 is 1.57 bits per heavy atom. The van der Waals surface area contributed by atoms with Crippen molar-refractivity contribution in [1.29, 1.82) is 0 Å². The summed E-state index contributed by atoms with van der Waals surface area (Å²) in [5.41, 5.74) is 0. The van der Waals surface area contributed by atoms with Gasteiger partial charge in [0.2, 0.25) is 0 Å². The predicted octanol–water partition coefficient (Wildman–Crippen LogP) is 0.524. The van der Waals surface area contributed by atoms with Gasteiger partial charge in [-0.05, 0) is 0 Å². The van der Waals surface area contributed by atoms with Gasteiger partial charge in [-0.2, -0.15) is 0 Å². The summed E-state index contributed by atoms with van der Waals surface area (Å²) in [6.07, 6.45) is 0. The van der Waals surface area contributed by atoms with Gasteiger partial charge in [0.1, 0.15) is 0 Å². The summed E-state index contributed by atoms with van der Waals surface area (Å²) in [5, 5.41) is 0. The molecule has 40 valence electrons. The third-order valence-electron chi connectivity index (χ3n) is 0.730. The molecule has 0 fully saturated rings. The van der Waals surface area contributed by atoms with Crippen LogP contribution in [0.4, 0.5) is 0 Å². The van der Waals surface area contributed by atoms with E-state index in [1.807, 2.05) is 4.31 Å². The second-order valence-electron chi connectivity index (χ2n) is 1.14. The molecule has 0 N–H and O–H groups in total. The van der Waals surface area contributed by atoms with Crippen LogP contribution in [-0.2, 0) is 0 Å². The molecular weight excluding hydrogens is 117 g/mol. The molecule has 0 spiro atoms. The van der Waals surface area contributed by atoms with Crippen molar-refractivity contribution in [3.8, 4) is 0 Å². The van der Waals surface area contributed by atoms with Crippen molar-refractivity contribution in [3.63, 3.8) is 0 Å². The fraction of sp³-hybridized carbons (Fsp3) is 1.00. The normalized spacial score (nSPS) is 8.57. The molecular formula is C4H12NNaS. The Morgan fingerprint density at radius 1 is 1.29 bits per heavy atom. The van der Waals surface area contributed by atoms with Crippen LogP contribution in [0.3, 0.4) is 0 Å². The molecule has 0 aliphatic rings. The Balaban J connectivity index is 0. The number of hydrogen-bond acceptors (Lipinski definition) is 2. The van der Waals surface area contributed by atoms with E-state index < -0.39 is 0 Å². The van der Waals surface area contributed by atoms with Crippen LogP contribution in [0, 0.1) is 0 Å². The molecule has 3 heteroatoms. The van der Waals surface area contributed by atoms with Crippen molar-refractivity contribution in [3.05, 3.63) is 0 Å². The van der Waals surface area contributed by atoms with Crippen LogP contribution in [0.15, 0.2) is 0 Å². The molecule has 0 aromatic rings. The van der Waals surface area contributed by atoms with Gasteiger partial charge in [0.25, 0.3) is 0 Å². The fourth-order valence-corrected chi connectivity index (χ4v) is 0.224. The summed E-state index contributed by atoms with van der Waals surface area (Å²) in [5.74, 6) is 0. The molecule has 0 heterocycles. The second-order valence-corrected chi connectivity index (χ2v) is 1.70. The monoisotopic (exact) mass is 129 g/mol. The molecule has 0 atom stereocenters. The van der Waals surface area contributed by atoms with Gasteiger partial charge in [-0.1, -0.05) is 26.7 Å². The first-order chi connectivity index (χ1) is 2.81. The Morgan fingerprint density at radius 3 is 1.57 bits per heavy atom. The first-order valence-electron chi connectivity index (χ1n) is 2.25. The summed E-state index contributed by atoms with van der Waals surface area (Å²) in [6.45, 7) is 6.21. The van der Waals surface area contributed by atoms with E-state index in [-0.39, 0.29) is 29.6 Å². The summed E-state index contributed by atoms with van der Waals surface area (Å²) in [7, 11) is 0. The first kappa shape index (κ1) is 11.2. The predicted molar refractivity (Wildman–Crippen MR) is 39.1 cm³/mol. The molecule has 0 aliphatic heterocycles. The zero-order valence-electron chi connectivity index (χ0n) is 4.31. The van der Waals surface area contributed by atoms with Gasteiger partial charge in [0.05, 0.1) is 0 Å². The van der Waals surface area contributed by atoms with Crippen LogP contribution in [0.25, 0.3) is 0 Å². The minimum absolute atomic E-state index is 0. The molecule has 1 nitrogen and oxygen atoms in total. The summed E-state index contributed by atoms with van der Waals surface area (Å²) < 4.78 is 1.94. The zero-order valence-corrected chi connectivity index (χ0v) is 5.20. The van der Waals surface area contributed by atoms with Crippen LogP contribution < -0.4 is 0 Å². The topological polar surface area (TPSA) is 3.24 Å². The van der Waals surface area contributed by atoms with Crippen LogP contribution >= 0.6 is 12.8 Å². The average molecular weight is 129 g/mol. The van der Waals surface area contributed by atoms with E-state index in [0.29, 0.717) is 0 Å². The third kappa shape index (κ3) is 7.31. The molecule has 0 unspecified atom stereocenters. The van der Waals surface area contributed by atoms with Crippen molar-refractivity contribution in [2.24, 2.45) is 0 Å². The van der Waals surface area contributed by atoms with Gasteiger partial charge in [-0.15, -0.1) is 0 Å². The Hall–Kier alpha value is 1.31. The maximum absolute atomic E-state index is 4.06. The molecule has 0 aromatic heterocycles. The van der Waals surface area contributed by atoms with Crippen molar-refractivity contribution < 1.29 is 0 Å². The van der Waals surface area contributed by atoms with E-state index in [2.05, 4.69) is 26.7 Å². The Kier molecular flexibility index (Phi) is 11.6. The Bertz CT molecular complexity index is 30.9. The van der Waals surface area contributed by atoms with E-state index in [1.54, 1.807) is 0 Å². The van der Waals surface area contributed by atoms with E-state index in [0.717, 1.165) is 13.1 Å². The summed E-state index contributed by atoms with van der Waals surface area (Å²) in [6, 6.07) is 0. The van der Waals surface area contributed by atoms with Gasteiger partial charge in [-0.25, -0.2) is 0 Å². The molecule has 0 saturated heterocycles. The molecule has 0 aliphatic carbocycles. The molecule has 0 aromatic carbocycles. The van der Waals surface area contributed by atoms with E-state index in [9.17, 15) is 0 Å². The van der Waals surface area contributed by atoms with E-state index >= 15 is 0 Å². The Labute approximate surface area is 73.3 Å². The van der Waals surface area contributed by atoms with Gasteiger partial charge in [0.15, 0.2) is 0 Å². The molecule has 0 radical (unpaired) electrons. The van der Waals surface area contributed by atoms with Crippen molar-refractivity contribution in [2.75, 3.05) is 13.1 Å². The number of thiol groups is 1. The van der Waals surface area contributed by atoms with Crippen LogP contribution in [0.2, 0.25) is 0 Å². The van der Waals surface area contributed by atoms with Crippen LogP contribution in [0.1, 0.15) is 13.8 Å². The SMILES string of the molecule is CCN(S)CC.[NaH]. The van der Waals surface area contributed by atoms with Gasteiger partial charge in [0, 0.05) is 13.1 Å². The van der Waals surface area contributed by atoms with E-state index in [1.165, 1.54) is 0 Å². The molecule has 7 heavy (non-hydrogen) atoms. The maximum atomic E-state index is 4.06. The quantitative estimate of drug-likeness (QED) is 0.420. The van der Waals surface area contributed by atoms with Crippen LogP contribution in [0.5, 0.6) is 0 Å². The zero-order chi connectivity index (χ0) is 4.99. The fourth-order valence-electron chi connectivity index (χ4n) is 0.224. The molecule has 0 bridgehead atoms. The third-order valence-corrected chi connectivity index (χ3v) is 1.30. The van der Waals surface area contributed by atoms with Crippen molar-refractivity contribution in [1.82, 2.24) is 4.31 Å². The number of hydrogen-bond donors (Lipinski definition) is 1. The van der Waals surface area contributed by atoms with Crippen molar-refractivity contribution >= 4 is 42.4 Å². The second kappa shape index (κ2) is 7.31. The van der Waals surface area contributed by atoms with Crippen molar-refractivity contribution in [2.45, 2.75) is 13.8 Å². The van der Waals surface area contributed by atoms with Gasteiger partial charge in [-0.3, -0.25) is 4.31 Å². The molecule has 0 rings (SSSR count). The molecule has 0 saturated carbocycles. The average Bonchev–Trinajstić information content (AvgIpc) is 1.65. The first-order valence-corrected chi connectivity index (χ1v) is 2.65. The minimum atomic E-state index is 0. The van der Waals surface area contributed by atoms with Gasteiger partial charge >= 0.3 is 29.6 Å². The molecule has 0 amide bonds.